The van der Waals surface area contributed by atoms with Crippen molar-refractivity contribution in [1.29, 1.82) is 0 Å². The summed E-state index contributed by atoms with van der Waals surface area (Å²) in [6, 6.07) is 24.8. The number of methoxy groups -OCH3 is 2. The van der Waals surface area contributed by atoms with Gasteiger partial charge >= 0.3 is 0 Å². The van der Waals surface area contributed by atoms with Gasteiger partial charge in [0.2, 0.25) is 0 Å². The van der Waals surface area contributed by atoms with Crippen molar-refractivity contribution in [2.75, 3.05) is 14.2 Å². The number of benzene rings is 3. The predicted octanol–water partition coefficient (Wildman–Crippen LogP) is 6.25. The predicted molar refractivity (Wildman–Crippen MR) is 106 cm³/mol. The third-order valence-corrected chi connectivity index (χ3v) is 5.51. The van der Waals surface area contributed by atoms with E-state index in [-0.39, 0.29) is 0 Å². The van der Waals surface area contributed by atoms with Gasteiger partial charge in [-0.2, -0.15) is 0 Å². The van der Waals surface area contributed by atoms with E-state index in [1.165, 1.54) is 20.7 Å². The van der Waals surface area contributed by atoms with Crippen LogP contribution >= 0.6 is 11.3 Å². The Bertz CT molecular complexity index is 1020. The van der Waals surface area contributed by atoms with Gasteiger partial charge in [0.25, 0.3) is 0 Å². The lowest BCUT2D eigenvalue weighted by Crippen LogP contribution is -1.90. The van der Waals surface area contributed by atoms with Crippen LogP contribution in [0.1, 0.15) is 0 Å². The van der Waals surface area contributed by atoms with E-state index in [1.807, 2.05) is 36.4 Å². The molecule has 0 bridgehead atoms. The minimum absolute atomic E-state index is 0.866. The number of hydrogen-bond donors (Lipinski definition) is 0. The van der Waals surface area contributed by atoms with Gasteiger partial charge in [-0.05, 0) is 23.8 Å². The van der Waals surface area contributed by atoms with Gasteiger partial charge in [-0.3, -0.25) is 0 Å². The lowest BCUT2D eigenvalue weighted by molar-refractivity contribution is 0.416. The van der Waals surface area contributed by atoms with Gasteiger partial charge in [-0.15, -0.1) is 11.3 Å². The fourth-order valence-electron chi connectivity index (χ4n) is 3.19. The number of fused-ring (bicyclic) bond motifs is 1. The van der Waals surface area contributed by atoms with Crippen LogP contribution in [0.3, 0.4) is 0 Å². The Kier molecular flexibility index (Phi) is 4.16. The van der Waals surface area contributed by atoms with Crippen LogP contribution in [0.4, 0.5) is 0 Å². The molecular formula is C22H18O2S. The summed E-state index contributed by atoms with van der Waals surface area (Å²) in [5.41, 5.74) is 3.45. The first kappa shape index (κ1) is 15.7. The average Bonchev–Trinajstić information content (AvgIpc) is 3.08. The molecule has 0 atom stereocenters. The SMILES string of the molecule is COc1ccccc1-c1c(-c2ccccc2)sc2cccc(OC)c12. The summed E-state index contributed by atoms with van der Waals surface area (Å²) in [5.74, 6) is 1.75. The summed E-state index contributed by atoms with van der Waals surface area (Å²) in [6.45, 7) is 0. The maximum absolute atomic E-state index is 5.68. The topological polar surface area (TPSA) is 18.5 Å². The van der Waals surface area contributed by atoms with Gasteiger partial charge in [-0.25, -0.2) is 0 Å². The monoisotopic (exact) mass is 346 g/mol. The molecule has 0 spiro atoms. The average molecular weight is 346 g/mol. The highest BCUT2D eigenvalue weighted by Crippen LogP contribution is 2.49. The summed E-state index contributed by atoms with van der Waals surface area (Å²) in [6.07, 6.45) is 0. The van der Waals surface area contributed by atoms with E-state index in [0.29, 0.717) is 0 Å². The second-order valence-electron chi connectivity index (χ2n) is 5.71. The Balaban J connectivity index is 2.13. The van der Waals surface area contributed by atoms with E-state index >= 15 is 0 Å². The van der Waals surface area contributed by atoms with Crippen LogP contribution in [0, 0.1) is 0 Å². The van der Waals surface area contributed by atoms with Crippen molar-refractivity contribution < 1.29 is 9.47 Å². The molecule has 0 aliphatic rings. The molecular weight excluding hydrogens is 328 g/mol. The van der Waals surface area contributed by atoms with Crippen LogP contribution in [0.25, 0.3) is 31.7 Å². The molecule has 1 heterocycles. The quantitative estimate of drug-likeness (QED) is 0.435. The first-order chi connectivity index (χ1) is 12.3. The van der Waals surface area contributed by atoms with Crippen molar-refractivity contribution in [3.8, 4) is 33.1 Å². The zero-order valence-electron chi connectivity index (χ0n) is 14.2. The minimum Gasteiger partial charge on any atom is -0.496 e. The second-order valence-corrected chi connectivity index (χ2v) is 6.76. The summed E-state index contributed by atoms with van der Waals surface area (Å²) in [5, 5.41) is 1.14. The summed E-state index contributed by atoms with van der Waals surface area (Å²) in [7, 11) is 3.44. The summed E-state index contributed by atoms with van der Waals surface area (Å²) < 4.78 is 12.5. The molecule has 4 aromatic rings. The third-order valence-electron chi connectivity index (χ3n) is 4.31. The van der Waals surface area contributed by atoms with Crippen LogP contribution in [-0.2, 0) is 0 Å². The lowest BCUT2D eigenvalue weighted by Gasteiger charge is -2.12. The number of para-hydroxylation sites is 1. The smallest absolute Gasteiger partial charge is 0.128 e. The molecule has 2 nitrogen and oxygen atoms in total. The van der Waals surface area contributed by atoms with E-state index in [0.717, 1.165) is 22.4 Å². The molecule has 4 rings (SSSR count). The van der Waals surface area contributed by atoms with Crippen molar-refractivity contribution >= 4 is 21.4 Å². The van der Waals surface area contributed by atoms with Crippen LogP contribution < -0.4 is 9.47 Å². The van der Waals surface area contributed by atoms with Gasteiger partial charge in [-0.1, -0.05) is 54.6 Å². The van der Waals surface area contributed by atoms with Gasteiger partial charge in [0.1, 0.15) is 11.5 Å². The molecule has 0 radical (unpaired) electrons. The molecule has 0 unspecified atom stereocenters. The van der Waals surface area contributed by atoms with E-state index in [1.54, 1.807) is 25.6 Å². The van der Waals surface area contributed by atoms with Crippen molar-refractivity contribution in [2.45, 2.75) is 0 Å². The number of ether oxygens (including phenoxy) is 2. The molecule has 0 aliphatic carbocycles. The Morgan fingerprint density at radius 2 is 1.36 bits per heavy atom. The Morgan fingerprint density at radius 3 is 2.12 bits per heavy atom. The number of rotatable bonds is 4. The lowest BCUT2D eigenvalue weighted by atomic mass is 9.97. The summed E-state index contributed by atoms with van der Waals surface area (Å²) in [4.78, 5) is 1.23. The highest BCUT2D eigenvalue weighted by Gasteiger charge is 2.20. The van der Waals surface area contributed by atoms with Crippen LogP contribution in [0.2, 0.25) is 0 Å². The first-order valence-electron chi connectivity index (χ1n) is 8.12. The molecule has 1 aromatic heterocycles. The molecule has 0 saturated heterocycles. The van der Waals surface area contributed by atoms with Crippen LogP contribution in [-0.4, -0.2) is 14.2 Å². The van der Waals surface area contributed by atoms with E-state index in [9.17, 15) is 0 Å². The largest absolute Gasteiger partial charge is 0.496 e. The van der Waals surface area contributed by atoms with Crippen molar-refractivity contribution in [2.24, 2.45) is 0 Å². The van der Waals surface area contributed by atoms with Gasteiger partial charge in [0.05, 0.1) is 14.2 Å². The fraction of sp³-hybridized carbons (Fsp3) is 0.0909. The highest BCUT2D eigenvalue weighted by atomic mass is 32.1. The Hall–Kier alpha value is -2.78. The molecule has 124 valence electrons. The molecule has 0 saturated carbocycles. The number of thiophene rings is 1. The molecule has 3 heteroatoms. The molecule has 3 aromatic carbocycles. The Labute approximate surface area is 151 Å². The molecule has 25 heavy (non-hydrogen) atoms. The highest BCUT2D eigenvalue weighted by molar-refractivity contribution is 7.23. The van der Waals surface area contributed by atoms with Crippen molar-refractivity contribution in [3.05, 3.63) is 72.8 Å². The van der Waals surface area contributed by atoms with E-state index in [4.69, 9.17) is 9.47 Å². The molecule has 0 N–H and O–H groups in total. The van der Waals surface area contributed by atoms with Gasteiger partial charge in [0.15, 0.2) is 0 Å². The minimum atomic E-state index is 0.866. The molecule has 0 aliphatic heterocycles. The maximum Gasteiger partial charge on any atom is 0.128 e. The third kappa shape index (κ3) is 2.67. The standard InChI is InChI=1S/C22H18O2S/c1-23-17-12-7-6-11-16(17)20-21-18(24-2)13-8-14-19(21)25-22(20)15-9-4-3-5-10-15/h3-14H,1-2H3. The molecule has 0 amide bonds. The second kappa shape index (κ2) is 6.61. The zero-order valence-corrected chi connectivity index (χ0v) is 15.0. The number of hydrogen-bond acceptors (Lipinski definition) is 3. The van der Waals surface area contributed by atoms with E-state index in [2.05, 4.69) is 36.4 Å². The van der Waals surface area contributed by atoms with E-state index < -0.39 is 0 Å². The molecule has 0 fully saturated rings. The zero-order chi connectivity index (χ0) is 17.2. The maximum atomic E-state index is 5.68. The fourth-order valence-corrected chi connectivity index (χ4v) is 4.43. The van der Waals surface area contributed by atoms with Gasteiger partial charge < -0.3 is 9.47 Å². The van der Waals surface area contributed by atoms with Crippen molar-refractivity contribution in [3.63, 3.8) is 0 Å². The Morgan fingerprint density at radius 1 is 0.680 bits per heavy atom. The van der Waals surface area contributed by atoms with Crippen molar-refractivity contribution in [1.82, 2.24) is 0 Å². The van der Waals surface area contributed by atoms with Crippen LogP contribution in [0.5, 0.6) is 11.5 Å². The van der Waals surface area contributed by atoms with Crippen LogP contribution in [0.15, 0.2) is 72.8 Å². The first-order valence-corrected chi connectivity index (χ1v) is 8.93. The normalized spacial score (nSPS) is 10.8. The van der Waals surface area contributed by atoms with Gasteiger partial charge in [0, 0.05) is 26.1 Å². The summed E-state index contributed by atoms with van der Waals surface area (Å²) >= 11 is 1.79.